The van der Waals surface area contributed by atoms with Gasteiger partial charge in [0, 0.05) is 4.90 Å². The normalized spacial score (nSPS) is 16.9. The smallest absolute Gasteiger partial charge is 0.341 e. The highest BCUT2D eigenvalue weighted by Crippen LogP contribution is 2.41. The second-order valence-corrected chi connectivity index (χ2v) is 7.52. The Morgan fingerprint density at radius 1 is 1.39 bits per heavy atom. The number of thioether (sulfide) groups is 1. The predicted octanol–water partition coefficient (Wildman–Crippen LogP) is 3.80. The SMILES string of the molecule is CCOC(=O)c1c(N)sc2c1CC[C@H](Sc1ccccc1)C2=O. The molecule has 1 heterocycles. The van der Waals surface area contributed by atoms with E-state index in [9.17, 15) is 9.59 Å². The summed E-state index contributed by atoms with van der Waals surface area (Å²) in [6.45, 7) is 2.05. The molecule has 0 fully saturated rings. The molecule has 0 saturated heterocycles. The first kappa shape index (κ1) is 16.1. The van der Waals surface area contributed by atoms with Crippen LogP contribution in [-0.2, 0) is 11.2 Å². The number of Topliss-reactive ketones (excluding diaryl/α,β-unsaturated/α-hetero) is 1. The van der Waals surface area contributed by atoms with E-state index in [0.29, 0.717) is 34.9 Å². The lowest BCUT2D eigenvalue weighted by Crippen LogP contribution is -2.24. The number of benzene rings is 1. The van der Waals surface area contributed by atoms with Gasteiger partial charge in [0.1, 0.15) is 5.00 Å². The summed E-state index contributed by atoms with van der Waals surface area (Å²) in [5.74, 6) is -0.364. The molecule has 0 aliphatic heterocycles. The molecule has 1 aliphatic carbocycles. The minimum absolute atomic E-state index is 0.0624. The second-order valence-electron chi connectivity index (χ2n) is 5.19. The van der Waals surface area contributed by atoms with E-state index >= 15 is 0 Å². The van der Waals surface area contributed by atoms with E-state index in [0.717, 1.165) is 10.5 Å². The number of esters is 1. The molecular weight excluding hydrogens is 330 g/mol. The van der Waals surface area contributed by atoms with Crippen molar-refractivity contribution in [2.24, 2.45) is 0 Å². The Labute approximate surface area is 143 Å². The van der Waals surface area contributed by atoms with Crippen LogP contribution in [0.25, 0.3) is 0 Å². The Kier molecular flexibility index (Phi) is 4.73. The number of ketones is 1. The summed E-state index contributed by atoms with van der Waals surface area (Å²) in [6.07, 6.45) is 1.38. The number of rotatable bonds is 4. The predicted molar refractivity (Wildman–Crippen MR) is 93.4 cm³/mol. The average Bonchev–Trinajstić information content (AvgIpc) is 2.88. The summed E-state index contributed by atoms with van der Waals surface area (Å²) in [4.78, 5) is 26.5. The van der Waals surface area contributed by atoms with Gasteiger partial charge in [0.15, 0.2) is 5.78 Å². The van der Waals surface area contributed by atoms with Crippen molar-refractivity contribution in [1.82, 2.24) is 0 Å². The van der Waals surface area contributed by atoms with Crippen molar-refractivity contribution in [2.45, 2.75) is 29.9 Å². The van der Waals surface area contributed by atoms with Crippen LogP contribution in [0.4, 0.5) is 5.00 Å². The topological polar surface area (TPSA) is 69.4 Å². The third-order valence-corrected chi connectivity index (χ3v) is 6.06. The summed E-state index contributed by atoms with van der Waals surface area (Å²) >= 11 is 2.78. The van der Waals surface area contributed by atoms with Crippen molar-refractivity contribution < 1.29 is 14.3 Å². The first-order chi connectivity index (χ1) is 11.1. The second kappa shape index (κ2) is 6.76. The van der Waals surface area contributed by atoms with Gasteiger partial charge in [0.05, 0.1) is 22.3 Å². The molecule has 1 atom stereocenters. The molecule has 0 amide bonds. The summed E-state index contributed by atoms with van der Waals surface area (Å²) < 4.78 is 5.06. The van der Waals surface area contributed by atoms with Gasteiger partial charge in [-0.3, -0.25) is 4.79 Å². The van der Waals surface area contributed by atoms with Gasteiger partial charge in [-0.25, -0.2) is 4.79 Å². The standard InChI is InChI=1S/C17H17NO3S2/c1-2-21-17(20)13-11-8-9-12(14(19)15(11)23-16(13)18)22-10-6-4-3-5-7-10/h3-7,12H,2,8-9,18H2,1H3/t12-/m0/s1. The van der Waals surface area contributed by atoms with E-state index in [-0.39, 0.29) is 11.0 Å². The molecule has 0 spiro atoms. The maximum Gasteiger partial charge on any atom is 0.341 e. The number of nitrogens with two attached hydrogens (primary N) is 1. The van der Waals surface area contributed by atoms with Gasteiger partial charge in [-0.05, 0) is 37.5 Å². The molecule has 4 nitrogen and oxygen atoms in total. The fraction of sp³-hybridized carbons (Fsp3) is 0.294. The summed E-state index contributed by atoms with van der Waals surface area (Å²) in [6, 6.07) is 9.88. The molecule has 2 N–H and O–H groups in total. The summed E-state index contributed by atoms with van der Waals surface area (Å²) in [5.41, 5.74) is 7.13. The zero-order chi connectivity index (χ0) is 16.4. The molecule has 3 rings (SSSR count). The quantitative estimate of drug-likeness (QED) is 0.852. The van der Waals surface area contributed by atoms with Crippen molar-refractivity contribution in [2.75, 3.05) is 12.3 Å². The van der Waals surface area contributed by atoms with Crippen LogP contribution in [0.1, 0.15) is 38.9 Å². The number of hydrogen-bond acceptors (Lipinski definition) is 6. The number of nitrogen functional groups attached to an aromatic ring is 1. The first-order valence-corrected chi connectivity index (χ1v) is 9.15. The summed E-state index contributed by atoms with van der Waals surface area (Å²) in [5, 5.41) is 0.255. The average molecular weight is 347 g/mol. The van der Waals surface area contributed by atoms with Crippen molar-refractivity contribution in [1.29, 1.82) is 0 Å². The molecule has 0 bridgehead atoms. The zero-order valence-electron chi connectivity index (χ0n) is 12.7. The first-order valence-electron chi connectivity index (χ1n) is 7.46. The van der Waals surface area contributed by atoms with Crippen LogP contribution in [-0.4, -0.2) is 23.6 Å². The minimum atomic E-state index is -0.426. The minimum Gasteiger partial charge on any atom is -0.462 e. The van der Waals surface area contributed by atoms with Gasteiger partial charge < -0.3 is 10.5 Å². The van der Waals surface area contributed by atoms with Crippen molar-refractivity contribution in [3.05, 3.63) is 46.3 Å². The number of ether oxygens (including phenoxy) is 1. The van der Waals surface area contributed by atoms with Gasteiger partial charge in [-0.15, -0.1) is 23.1 Å². The van der Waals surface area contributed by atoms with Gasteiger partial charge in [-0.1, -0.05) is 18.2 Å². The molecule has 1 aromatic heterocycles. The molecular formula is C17H17NO3S2. The number of fused-ring (bicyclic) bond motifs is 1. The van der Waals surface area contributed by atoms with Crippen LogP contribution in [0.15, 0.2) is 35.2 Å². The number of carbonyl (C=O) groups excluding carboxylic acids is 2. The van der Waals surface area contributed by atoms with E-state index < -0.39 is 5.97 Å². The Morgan fingerprint density at radius 3 is 2.83 bits per heavy atom. The molecule has 6 heteroatoms. The third-order valence-electron chi connectivity index (χ3n) is 3.71. The Balaban J connectivity index is 1.86. The monoisotopic (exact) mass is 347 g/mol. The van der Waals surface area contributed by atoms with Gasteiger partial charge in [0.2, 0.25) is 0 Å². The lowest BCUT2D eigenvalue weighted by Gasteiger charge is -2.20. The molecule has 0 saturated carbocycles. The van der Waals surface area contributed by atoms with Gasteiger partial charge in [0.25, 0.3) is 0 Å². The fourth-order valence-electron chi connectivity index (χ4n) is 2.68. The molecule has 2 aromatic rings. The molecule has 1 aliphatic rings. The highest BCUT2D eigenvalue weighted by molar-refractivity contribution is 8.00. The van der Waals surface area contributed by atoms with Crippen LogP contribution < -0.4 is 5.73 Å². The lowest BCUT2D eigenvalue weighted by atomic mass is 9.94. The lowest BCUT2D eigenvalue weighted by molar-refractivity contribution is 0.0527. The van der Waals surface area contributed by atoms with Crippen LogP contribution in [0.3, 0.4) is 0 Å². The van der Waals surface area contributed by atoms with Crippen LogP contribution >= 0.6 is 23.1 Å². The Hall–Kier alpha value is -1.79. The molecule has 120 valence electrons. The van der Waals surface area contributed by atoms with Crippen molar-refractivity contribution in [3.63, 3.8) is 0 Å². The maximum atomic E-state index is 12.7. The van der Waals surface area contributed by atoms with Gasteiger partial charge >= 0.3 is 5.97 Å². The molecule has 1 aromatic carbocycles. The Morgan fingerprint density at radius 2 is 2.13 bits per heavy atom. The largest absolute Gasteiger partial charge is 0.462 e. The number of thiophene rings is 1. The highest BCUT2D eigenvalue weighted by Gasteiger charge is 2.35. The number of anilines is 1. The van der Waals surface area contributed by atoms with Crippen LogP contribution in [0.5, 0.6) is 0 Å². The van der Waals surface area contributed by atoms with Crippen molar-refractivity contribution in [3.8, 4) is 0 Å². The fourth-order valence-corrected chi connectivity index (χ4v) is 4.95. The summed E-state index contributed by atoms with van der Waals surface area (Å²) in [7, 11) is 0. The van der Waals surface area contributed by atoms with E-state index in [4.69, 9.17) is 10.5 Å². The van der Waals surface area contributed by atoms with Crippen LogP contribution in [0, 0.1) is 0 Å². The Bertz CT molecular complexity index is 740. The third kappa shape index (κ3) is 3.14. The van der Waals surface area contributed by atoms with E-state index in [1.54, 1.807) is 18.7 Å². The van der Waals surface area contributed by atoms with Gasteiger partial charge in [-0.2, -0.15) is 0 Å². The van der Waals surface area contributed by atoms with E-state index in [1.807, 2.05) is 30.3 Å². The van der Waals surface area contributed by atoms with Crippen LogP contribution in [0.2, 0.25) is 0 Å². The molecule has 0 radical (unpaired) electrons. The van der Waals surface area contributed by atoms with Crippen molar-refractivity contribution >= 4 is 39.9 Å². The van der Waals surface area contributed by atoms with E-state index in [2.05, 4.69) is 0 Å². The van der Waals surface area contributed by atoms with E-state index in [1.165, 1.54) is 11.3 Å². The highest BCUT2D eigenvalue weighted by atomic mass is 32.2. The zero-order valence-corrected chi connectivity index (χ0v) is 14.3. The maximum absolute atomic E-state index is 12.7. The number of carbonyl (C=O) groups is 2. The number of hydrogen-bond donors (Lipinski definition) is 1. The molecule has 23 heavy (non-hydrogen) atoms. The molecule has 0 unspecified atom stereocenters.